The number of likely N-dealkylation sites (tertiary alicyclic amines) is 1. The Morgan fingerprint density at radius 2 is 1.58 bits per heavy atom. The average molecular weight is 415 g/mol. The largest absolute Gasteiger partial charge is 0.468 e. The Bertz CT molecular complexity index is 1210. The second-order valence-corrected chi connectivity index (χ2v) is 8.03. The summed E-state index contributed by atoms with van der Waals surface area (Å²) in [6.45, 7) is 2.65. The van der Waals surface area contributed by atoms with Crippen LogP contribution in [0.4, 0.5) is 0 Å². The van der Waals surface area contributed by atoms with Crippen molar-refractivity contribution in [2.24, 2.45) is 0 Å². The number of rotatable bonds is 6. The molecule has 2 aromatic heterocycles. The predicted molar refractivity (Wildman–Crippen MR) is 121 cm³/mol. The Kier molecular flexibility index (Phi) is 5.30. The smallest absolute Gasteiger partial charge is 0.240 e. The zero-order valence-corrected chi connectivity index (χ0v) is 17.3. The molecular weight excluding hydrogens is 390 g/mol. The van der Waals surface area contributed by atoms with Gasteiger partial charge < -0.3 is 14.3 Å². The van der Waals surface area contributed by atoms with Crippen LogP contribution in [0.5, 0.6) is 0 Å². The molecule has 1 aliphatic heterocycles. The zero-order chi connectivity index (χ0) is 21.2. The summed E-state index contributed by atoms with van der Waals surface area (Å²) in [6, 6.07) is 18.8. The topological polar surface area (TPSA) is 67.5 Å². The van der Waals surface area contributed by atoms with Crippen LogP contribution < -0.4 is 10.7 Å². The number of fused-ring (bicyclic) bond motifs is 2. The van der Waals surface area contributed by atoms with Crippen molar-refractivity contribution in [3.8, 4) is 0 Å². The molecule has 5 rings (SSSR count). The first-order valence-electron chi connectivity index (χ1n) is 10.8. The molecule has 1 fully saturated rings. The van der Waals surface area contributed by atoms with E-state index < -0.39 is 0 Å². The first-order chi connectivity index (χ1) is 15.2. The Hall–Kier alpha value is -3.38. The zero-order valence-electron chi connectivity index (χ0n) is 17.3. The number of para-hydroxylation sites is 2. The van der Waals surface area contributed by atoms with Gasteiger partial charge in [0.25, 0.3) is 0 Å². The Balaban J connectivity index is 1.42. The molecule has 0 spiro atoms. The van der Waals surface area contributed by atoms with Gasteiger partial charge in [-0.2, -0.15) is 0 Å². The molecule has 31 heavy (non-hydrogen) atoms. The van der Waals surface area contributed by atoms with Crippen molar-refractivity contribution in [2.75, 3.05) is 19.6 Å². The van der Waals surface area contributed by atoms with Gasteiger partial charge in [0.05, 0.1) is 23.3 Å². The van der Waals surface area contributed by atoms with Gasteiger partial charge in [-0.3, -0.25) is 14.5 Å². The highest BCUT2D eigenvalue weighted by molar-refractivity contribution is 5.94. The van der Waals surface area contributed by atoms with Gasteiger partial charge >= 0.3 is 0 Å². The fraction of sp³-hybridized carbons (Fsp3) is 0.280. The number of benzene rings is 2. The summed E-state index contributed by atoms with van der Waals surface area (Å²) in [4.78, 5) is 28.3. The number of hydrogen-bond donors (Lipinski definition) is 1. The molecule has 1 N–H and O–H groups in total. The van der Waals surface area contributed by atoms with Crippen LogP contribution in [-0.4, -0.2) is 35.0 Å². The summed E-state index contributed by atoms with van der Waals surface area (Å²) in [7, 11) is 0. The van der Waals surface area contributed by atoms with Crippen LogP contribution in [-0.2, 0) is 11.3 Å². The molecule has 158 valence electrons. The van der Waals surface area contributed by atoms with Gasteiger partial charge in [0.1, 0.15) is 12.3 Å². The molecule has 3 heterocycles. The first kappa shape index (κ1) is 19.6. The lowest BCUT2D eigenvalue weighted by Gasteiger charge is -2.26. The molecule has 6 heteroatoms. The second-order valence-electron chi connectivity index (χ2n) is 8.03. The van der Waals surface area contributed by atoms with Gasteiger partial charge in [0.2, 0.25) is 5.91 Å². The van der Waals surface area contributed by atoms with E-state index >= 15 is 0 Å². The maximum absolute atomic E-state index is 13.0. The SMILES string of the molecule is O=C(Cn1c2ccccc2c(=O)c2ccccc21)NC[C@@H](c1ccco1)N1CCCC1. The molecule has 1 atom stereocenters. The van der Waals surface area contributed by atoms with Crippen molar-refractivity contribution in [3.05, 3.63) is 82.9 Å². The minimum Gasteiger partial charge on any atom is -0.468 e. The number of amides is 1. The highest BCUT2D eigenvalue weighted by atomic mass is 16.3. The molecule has 2 aromatic carbocycles. The highest BCUT2D eigenvalue weighted by Gasteiger charge is 2.26. The molecular formula is C25H25N3O3. The molecule has 0 bridgehead atoms. The average Bonchev–Trinajstić information content (AvgIpc) is 3.52. The van der Waals surface area contributed by atoms with Gasteiger partial charge in [-0.05, 0) is 62.3 Å². The van der Waals surface area contributed by atoms with E-state index in [1.165, 1.54) is 12.8 Å². The van der Waals surface area contributed by atoms with E-state index in [1.54, 1.807) is 6.26 Å². The van der Waals surface area contributed by atoms with Crippen molar-refractivity contribution < 1.29 is 9.21 Å². The normalized spacial score (nSPS) is 15.5. The van der Waals surface area contributed by atoms with Gasteiger partial charge in [-0.1, -0.05) is 24.3 Å². The molecule has 1 aliphatic rings. The lowest BCUT2D eigenvalue weighted by molar-refractivity contribution is -0.121. The Labute approximate surface area is 180 Å². The third-order valence-corrected chi connectivity index (χ3v) is 6.13. The minimum absolute atomic E-state index is 0.00484. The second kappa shape index (κ2) is 8.40. The molecule has 0 aliphatic carbocycles. The fourth-order valence-corrected chi connectivity index (χ4v) is 4.60. The first-order valence-corrected chi connectivity index (χ1v) is 10.8. The van der Waals surface area contributed by atoms with E-state index in [0.717, 1.165) is 29.9 Å². The molecule has 6 nitrogen and oxygen atoms in total. The third kappa shape index (κ3) is 3.75. The fourth-order valence-electron chi connectivity index (χ4n) is 4.60. The van der Waals surface area contributed by atoms with E-state index in [0.29, 0.717) is 17.3 Å². The van der Waals surface area contributed by atoms with Gasteiger partial charge in [0, 0.05) is 17.3 Å². The van der Waals surface area contributed by atoms with Crippen LogP contribution >= 0.6 is 0 Å². The van der Waals surface area contributed by atoms with Crippen molar-refractivity contribution in [1.29, 1.82) is 0 Å². The Morgan fingerprint density at radius 1 is 0.935 bits per heavy atom. The maximum Gasteiger partial charge on any atom is 0.240 e. The summed E-state index contributed by atoms with van der Waals surface area (Å²) in [5.74, 6) is 0.788. The molecule has 0 unspecified atom stereocenters. The standard InChI is InChI=1S/C25H25N3O3/c29-24(26-16-22(23-12-7-15-31-23)27-13-5-6-14-27)17-28-20-10-3-1-8-18(20)25(30)19-9-2-4-11-21(19)28/h1-4,7-12,15,22H,5-6,13-14,16-17H2,(H,26,29)/t22-/m0/s1. The molecule has 4 aromatic rings. The number of furan rings is 1. The number of aromatic nitrogens is 1. The summed E-state index contributed by atoms with van der Waals surface area (Å²) in [5.41, 5.74) is 1.53. The van der Waals surface area contributed by atoms with Crippen molar-refractivity contribution >= 4 is 27.7 Å². The van der Waals surface area contributed by atoms with E-state index in [-0.39, 0.29) is 23.9 Å². The van der Waals surface area contributed by atoms with Crippen molar-refractivity contribution in [1.82, 2.24) is 14.8 Å². The van der Waals surface area contributed by atoms with Gasteiger partial charge in [0.15, 0.2) is 5.43 Å². The number of carbonyl (C=O) groups excluding carboxylic acids is 1. The van der Waals surface area contributed by atoms with E-state index in [1.807, 2.05) is 65.2 Å². The van der Waals surface area contributed by atoms with Crippen LogP contribution in [0.1, 0.15) is 24.6 Å². The lowest BCUT2D eigenvalue weighted by atomic mass is 10.1. The third-order valence-electron chi connectivity index (χ3n) is 6.13. The summed E-state index contributed by atoms with van der Waals surface area (Å²) >= 11 is 0. The summed E-state index contributed by atoms with van der Waals surface area (Å²) in [5, 5.41) is 4.35. The molecule has 1 amide bonds. The lowest BCUT2D eigenvalue weighted by Crippen LogP contribution is -2.38. The number of nitrogens with zero attached hydrogens (tertiary/aromatic N) is 2. The van der Waals surface area contributed by atoms with Crippen LogP contribution in [0.15, 0.2) is 76.1 Å². The van der Waals surface area contributed by atoms with Crippen LogP contribution in [0.3, 0.4) is 0 Å². The number of hydrogen-bond acceptors (Lipinski definition) is 4. The van der Waals surface area contributed by atoms with Crippen molar-refractivity contribution in [2.45, 2.75) is 25.4 Å². The minimum atomic E-state index is -0.0882. The Morgan fingerprint density at radius 3 is 2.19 bits per heavy atom. The monoisotopic (exact) mass is 415 g/mol. The highest BCUT2D eigenvalue weighted by Crippen LogP contribution is 2.25. The molecule has 1 saturated heterocycles. The van der Waals surface area contributed by atoms with Gasteiger partial charge in [-0.15, -0.1) is 0 Å². The van der Waals surface area contributed by atoms with E-state index in [9.17, 15) is 9.59 Å². The predicted octanol–water partition coefficient (Wildman–Crippen LogP) is 3.70. The number of pyridine rings is 1. The van der Waals surface area contributed by atoms with Gasteiger partial charge in [-0.25, -0.2) is 0 Å². The quantitative estimate of drug-likeness (QED) is 0.488. The van der Waals surface area contributed by atoms with Crippen LogP contribution in [0, 0.1) is 0 Å². The van der Waals surface area contributed by atoms with E-state index in [4.69, 9.17) is 4.42 Å². The summed E-state index contributed by atoms with van der Waals surface area (Å²) < 4.78 is 7.58. The van der Waals surface area contributed by atoms with Crippen molar-refractivity contribution in [3.63, 3.8) is 0 Å². The van der Waals surface area contributed by atoms with E-state index in [2.05, 4.69) is 10.2 Å². The van der Waals surface area contributed by atoms with Crippen LogP contribution in [0.25, 0.3) is 21.8 Å². The van der Waals surface area contributed by atoms with Crippen LogP contribution in [0.2, 0.25) is 0 Å². The maximum atomic E-state index is 13.0. The number of nitrogens with one attached hydrogen (secondary N) is 1. The summed E-state index contributed by atoms with van der Waals surface area (Å²) in [6.07, 6.45) is 4.01. The molecule has 0 radical (unpaired) electrons. The molecule has 0 saturated carbocycles. The number of carbonyl (C=O) groups is 1.